The molecule has 1 aliphatic rings. The number of nitrogens with zero attached hydrogens (tertiary/aromatic N) is 2. The summed E-state index contributed by atoms with van der Waals surface area (Å²) in [6.45, 7) is 8.94. The van der Waals surface area contributed by atoms with Crippen LogP contribution in [0.1, 0.15) is 62.9 Å². The van der Waals surface area contributed by atoms with E-state index < -0.39 is 0 Å². The highest BCUT2D eigenvalue weighted by molar-refractivity contribution is 7.11. The quantitative estimate of drug-likeness (QED) is 0.810. The van der Waals surface area contributed by atoms with Crippen LogP contribution >= 0.6 is 11.3 Å². The fraction of sp³-hybridized carbons (Fsp3) is 0.867. The van der Waals surface area contributed by atoms with Crippen LogP contribution in [0.25, 0.3) is 0 Å². The smallest absolute Gasteiger partial charge is 0.123 e. The number of hydrogen-bond acceptors (Lipinski definition) is 4. The van der Waals surface area contributed by atoms with Crippen molar-refractivity contribution in [2.75, 3.05) is 13.1 Å². The molecule has 2 rings (SSSR count). The van der Waals surface area contributed by atoms with Crippen LogP contribution in [0.3, 0.4) is 0 Å². The molecule has 108 valence electrons. The molecule has 0 atom stereocenters. The minimum absolute atomic E-state index is 0.305. The Morgan fingerprint density at radius 1 is 1.21 bits per heavy atom. The zero-order valence-electron chi connectivity index (χ0n) is 12.5. The van der Waals surface area contributed by atoms with Crippen LogP contribution in [0.5, 0.6) is 0 Å². The lowest BCUT2D eigenvalue weighted by Crippen LogP contribution is -2.24. The maximum absolute atomic E-state index is 4.47. The Kier molecular flexibility index (Phi) is 5.34. The second-order valence-electron chi connectivity index (χ2n) is 6.47. The molecule has 1 saturated carbocycles. The average Bonchev–Trinajstić information content (AvgIpc) is 2.85. The van der Waals surface area contributed by atoms with Gasteiger partial charge in [-0.05, 0) is 25.3 Å². The van der Waals surface area contributed by atoms with Gasteiger partial charge >= 0.3 is 0 Å². The van der Waals surface area contributed by atoms with Crippen molar-refractivity contribution in [3.63, 3.8) is 0 Å². The summed E-state index contributed by atoms with van der Waals surface area (Å²) in [5.74, 6) is 0.714. The molecule has 0 amide bonds. The van der Waals surface area contributed by atoms with Crippen LogP contribution in [-0.4, -0.2) is 23.3 Å². The molecule has 3 nitrogen and oxygen atoms in total. The van der Waals surface area contributed by atoms with Crippen molar-refractivity contribution in [1.29, 1.82) is 0 Å². The Balaban J connectivity index is 1.84. The van der Waals surface area contributed by atoms with Gasteiger partial charge < -0.3 is 5.32 Å². The summed E-state index contributed by atoms with van der Waals surface area (Å²) in [7, 11) is 0. The summed E-state index contributed by atoms with van der Waals surface area (Å²) in [4.78, 5) is 0. The van der Waals surface area contributed by atoms with Crippen molar-refractivity contribution in [1.82, 2.24) is 15.5 Å². The molecule has 0 aliphatic heterocycles. The van der Waals surface area contributed by atoms with E-state index in [2.05, 4.69) is 36.3 Å². The third-order valence-corrected chi connectivity index (χ3v) is 5.30. The predicted molar refractivity (Wildman–Crippen MR) is 81.8 cm³/mol. The standard InChI is InChI=1S/C15H27N3S/c1-12(2)11-16-10-7-13-17-18-14(19-13)15(3)8-5-4-6-9-15/h12,16H,4-11H2,1-3H3. The first-order valence-corrected chi connectivity index (χ1v) is 8.45. The van der Waals surface area contributed by atoms with Crippen molar-refractivity contribution >= 4 is 11.3 Å². The molecule has 1 aromatic heterocycles. The van der Waals surface area contributed by atoms with Crippen LogP contribution < -0.4 is 5.32 Å². The van der Waals surface area contributed by atoms with E-state index in [1.54, 1.807) is 0 Å². The lowest BCUT2D eigenvalue weighted by molar-refractivity contribution is 0.317. The summed E-state index contributed by atoms with van der Waals surface area (Å²) >= 11 is 1.83. The van der Waals surface area contributed by atoms with Gasteiger partial charge in [0, 0.05) is 18.4 Å². The van der Waals surface area contributed by atoms with Crippen molar-refractivity contribution in [3.8, 4) is 0 Å². The molecule has 19 heavy (non-hydrogen) atoms. The van der Waals surface area contributed by atoms with E-state index in [4.69, 9.17) is 0 Å². The topological polar surface area (TPSA) is 37.8 Å². The van der Waals surface area contributed by atoms with E-state index in [1.165, 1.54) is 42.1 Å². The summed E-state index contributed by atoms with van der Waals surface area (Å²) in [6.07, 6.45) is 7.67. The van der Waals surface area contributed by atoms with E-state index in [-0.39, 0.29) is 0 Å². The second kappa shape index (κ2) is 6.80. The maximum Gasteiger partial charge on any atom is 0.123 e. The Morgan fingerprint density at radius 2 is 1.95 bits per heavy atom. The van der Waals surface area contributed by atoms with Crippen LogP contribution in [0.4, 0.5) is 0 Å². The molecule has 0 unspecified atom stereocenters. The summed E-state index contributed by atoms with van der Waals surface area (Å²) < 4.78 is 0. The molecule has 4 heteroatoms. The van der Waals surface area contributed by atoms with Gasteiger partial charge in [0.05, 0.1) is 0 Å². The molecule has 1 heterocycles. The van der Waals surface area contributed by atoms with E-state index in [9.17, 15) is 0 Å². The molecule has 1 fully saturated rings. The summed E-state index contributed by atoms with van der Waals surface area (Å²) in [5, 5.41) is 14.8. The Morgan fingerprint density at radius 3 is 2.63 bits per heavy atom. The fourth-order valence-electron chi connectivity index (χ4n) is 2.73. The summed E-state index contributed by atoms with van der Waals surface area (Å²) in [6, 6.07) is 0. The number of hydrogen-bond donors (Lipinski definition) is 1. The highest BCUT2D eigenvalue weighted by Crippen LogP contribution is 2.40. The Bertz CT molecular complexity index is 380. The van der Waals surface area contributed by atoms with E-state index in [0.29, 0.717) is 11.3 Å². The van der Waals surface area contributed by atoms with Gasteiger partial charge in [-0.15, -0.1) is 21.5 Å². The fourth-order valence-corrected chi connectivity index (χ4v) is 3.77. The summed E-state index contributed by atoms with van der Waals surface area (Å²) in [5.41, 5.74) is 0.305. The SMILES string of the molecule is CC(C)CNCCc1nnc(C2(C)CCCCC2)s1. The lowest BCUT2D eigenvalue weighted by atomic mass is 9.76. The molecule has 0 spiro atoms. The highest BCUT2D eigenvalue weighted by atomic mass is 32.1. The zero-order chi connectivity index (χ0) is 13.7. The van der Waals surface area contributed by atoms with Crippen molar-refractivity contribution in [2.24, 2.45) is 5.92 Å². The molecule has 0 radical (unpaired) electrons. The minimum atomic E-state index is 0.305. The lowest BCUT2D eigenvalue weighted by Gasteiger charge is -2.30. The van der Waals surface area contributed by atoms with Gasteiger partial charge in [-0.25, -0.2) is 0 Å². The van der Waals surface area contributed by atoms with Gasteiger partial charge in [0.15, 0.2) is 0 Å². The monoisotopic (exact) mass is 281 g/mol. The molecule has 1 aliphatic carbocycles. The zero-order valence-corrected chi connectivity index (χ0v) is 13.4. The van der Waals surface area contributed by atoms with E-state index in [0.717, 1.165) is 19.5 Å². The molecular weight excluding hydrogens is 254 g/mol. The number of aromatic nitrogens is 2. The van der Waals surface area contributed by atoms with Crippen molar-refractivity contribution in [2.45, 2.75) is 64.7 Å². The van der Waals surface area contributed by atoms with E-state index >= 15 is 0 Å². The van der Waals surface area contributed by atoms with Gasteiger partial charge in [-0.2, -0.15) is 0 Å². The molecule has 0 bridgehead atoms. The number of nitrogens with one attached hydrogen (secondary N) is 1. The van der Waals surface area contributed by atoms with Gasteiger partial charge in [0.2, 0.25) is 0 Å². The first-order chi connectivity index (χ1) is 9.10. The third-order valence-electron chi connectivity index (χ3n) is 4.01. The normalized spacial score (nSPS) is 18.9. The molecule has 1 aromatic rings. The Labute approximate surface area is 121 Å². The maximum atomic E-state index is 4.47. The Hall–Kier alpha value is -0.480. The van der Waals surface area contributed by atoms with Gasteiger partial charge in [0.1, 0.15) is 10.0 Å². The van der Waals surface area contributed by atoms with E-state index in [1.807, 2.05) is 11.3 Å². The first kappa shape index (κ1) is 14.9. The molecule has 0 aromatic carbocycles. The molecule has 1 N–H and O–H groups in total. The number of rotatable bonds is 6. The van der Waals surface area contributed by atoms with Gasteiger partial charge in [-0.1, -0.05) is 40.0 Å². The predicted octanol–water partition coefficient (Wildman–Crippen LogP) is 3.55. The first-order valence-electron chi connectivity index (χ1n) is 7.64. The van der Waals surface area contributed by atoms with Crippen molar-refractivity contribution < 1.29 is 0 Å². The average molecular weight is 281 g/mol. The molecular formula is C15H27N3S. The minimum Gasteiger partial charge on any atom is -0.316 e. The molecule has 0 saturated heterocycles. The van der Waals surface area contributed by atoms with Crippen LogP contribution in [0, 0.1) is 5.92 Å². The second-order valence-corrected chi connectivity index (χ2v) is 7.53. The third kappa shape index (κ3) is 4.25. The largest absolute Gasteiger partial charge is 0.316 e. The van der Waals surface area contributed by atoms with Crippen molar-refractivity contribution in [3.05, 3.63) is 10.0 Å². The van der Waals surface area contributed by atoms with Crippen LogP contribution in [0.2, 0.25) is 0 Å². The van der Waals surface area contributed by atoms with Gasteiger partial charge in [-0.3, -0.25) is 0 Å². The highest BCUT2D eigenvalue weighted by Gasteiger charge is 2.32. The van der Waals surface area contributed by atoms with Crippen LogP contribution in [0.15, 0.2) is 0 Å². The van der Waals surface area contributed by atoms with Gasteiger partial charge in [0.25, 0.3) is 0 Å². The van der Waals surface area contributed by atoms with Crippen LogP contribution in [-0.2, 0) is 11.8 Å².